The number of alkyl halides is 2. The molecule has 0 aliphatic heterocycles. The van der Waals surface area contributed by atoms with Crippen LogP contribution in [0.1, 0.15) is 6.92 Å². The Balaban J connectivity index is 3.45. The quantitative estimate of drug-likeness (QED) is 0.482. The van der Waals surface area contributed by atoms with Crippen molar-refractivity contribution in [3.05, 3.63) is 11.9 Å². The van der Waals surface area contributed by atoms with E-state index in [-0.39, 0.29) is 0 Å². The van der Waals surface area contributed by atoms with Gasteiger partial charge < -0.3 is 0 Å². The lowest BCUT2D eigenvalue weighted by atomic mass is 10.5. The molecule has 0 spiro atoms. The van der Waals surface area contributed by atoms with Crippen LogP contribution in [0.15, 0.2) is 5.83 Å². The van der Waals surface area contributed by atoms with Crippen molar-refractivity contribution in [1.82, 2.24) is 0 Å². The topological polar surface area (TPSA) is 0 Å². The first-order valence-electron chi connectivity index (χ1n) is 1.66. The van der Waals surface area contributed by atoms with Crippen LogP contribution < -0.4 is 0 Å². The second-order valence-electron chi connectivity index (χ2n) is 0.979. The summed E-state index contributed by atoms with van der Waals surface area (Å²) in [5, 5.41) is 0. The molecule has 0 fully saturated rings. The molecule has 0 saturated heterocycles. The standard InChI is InChI=1S/C4H4F3/c1-3(5)2-4(6)7/h4H,1H3. The Morgan fingerprint density at radius 3 is 2.00 bits per heavy atom. The van der Waals surface area contributed by atoms with E-state index in [1.807, 2.05) is 0 Å². The Kier molecular flexibility index (Phi) is 2.48. The van der Waals surface area contributed by atoms with E-state index in [2.05, 4.69) is 0 Å². The Morgan fingerprint density at radius 2 is 2.00 bits per heavy atom. The molecule has 0 aliphatic rings. The molecule has 3 heteroatoms. The lowest BCUT2D eigenvalue weighted by Crippen LogP contribution is -1.81. The van der Waals surface area contributed by atoms with E-state index in [0.29, 0.717) is 0 Å². The van der Waals surface area contributed by atoms with Crippen LogP contribution >= 0.6 is 0 Å². The summed E-state index contributed by atoms with van der Waals surface area (Å²) in [7, 11) is 0. The van der Waals surface area contributed by atoms with E-state index in [4.69, 9.17) is 0 Å². The predicted molar refractivity (Wildman–Crippen MR) is 19.5 cm³/mol. The van der Waals surface area contributed by atoms with Crippen LogP contribution in [0.3, 0.4) is 0 Å². The summed E-state index contributed by atoms with van der Waals surface area (Å²) in [5.41, 5.74) is 0. The van der Waals surface area contributed by atoms with Gasteiger partial charge in [-0.25, -0.2) is 13.2 Å². The average molecular weight is 109 g/mol. The zero-order chi connectivity index (χ0) is 5.86. The zero-order valence-electron chi connectivity index (χ0n) is 3.71. The van der Waals surface area contributed by atoms with Gasteiger partial charge in [-0.1, -0.05) is 0 Å². The molecule has 41 valence electrons. The summed E-state index contributed by atoms with van der Waals surface area (Å²) < 4.78 is 33.1. The van der Waals surface area contributed by atoms with Crippen LogP contribution in [0.5, 0.6) is 0 Å². The Hall–Kier alpha value is -0.470. The Morgan fingerprint density at radius 1 is 1.57 bits per heavy atom. The molecular weight excluding hydrogens is 105 g/mol. The molecule has 0 unspecified atom stereocenters. The highest BCUT2D eigenvalue weighted by Gasteiger charge is 1.95. The van der Waals surface area contributed by atoms with Crippen molar-refractivity contribution in [1.29, 1.82) is 0 Å². The molecule has 0 saturated carbocycles. The SMILES string of the molecule is CC(F)=[C]C(F)F. The fourth-order valence-electron chi connectivity index (χ4n) is 0.150. The molecule has 0 rings (SSSR count). The number of hydrogen-bond donors (Lipinski definition) is 0. The predicted octanol–water partition coefficient (Wildman–Crippen LogP) is 1.93. The highest BCUT2D eigenvalue weighted by atomic mass is 19.3. The maximum Gasteiger partial charge on any atom is 0.266 e. The minimum Gasteiger partial charge on any atom is -0.212 e. The summed E-state index contributed by atoms with van der Waals surface area (Å²) >= 11 is 0. The normalized spacial score (nSPS) is 13.0. The highest BCUT2D eigenvalue weighted by molar-refractivity contribution is 4.79. The summed E-state index contributed by atoms with van der Waals surface area (Å²) in [6.45, 7) is 0.923. The molecule has 0 bridgehead atoms. The summed E-state index contributed by atoms with van der Waals surface area (Å²) in [4.78, 5) is 0. The van der Waals surface area contributed by atoms with Crippen molar-refractivity contribution >= 4 is 0 Å². The molecule has 0 nitrogen and oxygen atoms in total. The number of hydrogen-bond acceptors (Lipinski definition) is 0. The Labute approximate surface area is 39.6 Å². The van der Waals surface area contributed by atoms with Gasteiger partial charge in [-0.05, 0) is 6.92 Å². The summed E-state index contributed by atoms with van der Waals surface area (Å²) in [5.74, 6) is -0.963. The monoisotopic (exact) mass is 109 g/mol. The number of allylic oxidation sites excluding steroid dienone is 2. The minimum absolute atomic E-state index is 0.923. The number of halogens is 3. The molecule has 0 amide bonds. The fraction of sp³-hybridized carbons (Fsp3) is 0.500. The molecule has 0 heterocycles. The number of rotatable bonds is 1. The third-order valence-corrected chi connectivity index (χ3v) is 0.308. The van der Waals surface area contributed by atoms with Gasteiger partial charge in [0.15, 0.2) is 0 Å². The smallest absolute Gasteiger partial charge is 0.212 e. The van der Waals surface area contributed by atoms with E-state index in [1.54, 1.807) is 0 Å². The van der Waals surface area contributed by atoms with Crippen LogP contribution in [0.2, 0.25) is 0 Å². The largest absolute Gasteiger partial charge is 0.266 e. The van der Waals surface area contributed by atoms with E-state index < -0.39 is 12.3 Å². The molecular formula is C4H4F3. The van der Waals surface area contributed by atoms with E-state index in [1.165, 1.54) is 6.08 Å². The van der Waals surface area contributed by atoms with E-state index in [0.717, 1.165) is 6.92 Å². The molecule has 0 aliphatic carbocycles. The van der Waals surface area contributed by atoms with Crippen LogP contribution in [-0.4, -0.2) is 6.43 Å². The summed E-state index contributed by atoms with van der Waals surface area (Å²) in [6, 6.07) is 0. The first-order valence-corrected chi connectivity index (χ1v) is 1.66. The minimum atomic E-state index is -2.79. The summed E-state index contributed by atoms with van der Waals surface area (Å²) in [6.07, 6.45) is -1.56. The molecule has 0 aromatic heterocycles. The first kappa shape index (κ1) is 6.53. The third kappa shape index (κ3) is 5.53. The lowest BCUT2D eigenvalue weighted by molar-refractivity contribution is 0.192. The molecule has 1 radical (unpaired) electrons. The van der Waals surface area contributed by atoms with Gasteiger partial charge in [-0.2, -0.15) is 0 Å². The van der Waals surface area contributed by atoms with Gasteiger partial charge in [0.2, 0.25) is 0 Å². The lowest BCUT2D eigenvalue weighted by Gasteiger charge is -1.81. The van der Waals surface area contributed by atoms with Gasteiger partial charge in [-0.3, -0.25) is 0 Å². The molecule has 0 N–H and O–H groups in total. The van der Waals surface area contributed by atoms with E-state index >= 15 is 0 Å². The van der Waals surface area contributed by atoms with Gasteiger partial charge >= 0.3 is 0 Å². The van der Waals surface area contributed by atoms with Gasteiger partial charge in [0.1, 0.15) is 5.83 Å². The van der Waals surface area contributed by atoms with Crippen molar-refractivity contribution in [2.75, 3.05) is 0 Å². The van der Waals surface area contributed by atoms with Crippen LogP contribution in [0.25, 0.3) is 0 Å². The molecule has 0 aromatic carbocycles. The van der Waals surface area contributed by atoms with Crippen molar-refractivity contribution in [2.24, 2.45) is 0 Å². The third-order valence-electron chi connectivity index (χ3n) is 0.308. The van der Waals surface area contributed by atoms with Gasteiger partial charge in [0.25, 0.3) is 6.43 Å². The van der Waals surface area contributed by atoms with Crippen LogP contribution in [0, 0.1) is 6.08 Å². The van der Waals surface area contributed by atoms with Gasteiger partial charge in [0, 0.05) is 0 Å². The van der Waals surface area contributed by atoms with Crippen molar-refractivity contribution in [2.45, 2.75) is 13.3 Å². The van der Waals surface area contributed by atoms with Crippen LogP contribution in [-0.2, 0) is 0 Å². The fourth-order valence-corrected chi connectivity index (χ4v) is 0.150. The van der Waals surface area contributed by atoms with Crippen molar-refractivity contribution in [3.63, 3.8) is 0 Å². The molecule has 0 atom stereocenters. The highest BCUT2D eigenvalue weighted by Crippen LogP contribution is 1.98. The average Bonchev–Trinajstić information content (AvgIpc) is 1.27. The van der Waals surface area contributed by atoms with Crippen LogP contribution in [0.4, 0.5) is 13.2 Å². The van der Waals surface area contributed by atoms with E-state index in [9.17, 15) is 13.2 Å². The molecule has 7 heavy (non-hydrogen) atoms. The second-order valence-corrected chi connectivity index (χ2v) is 0.979. The van der Waals surface area contributed by atoms with Crippen molar-refractivity contribution < 1.29 is 13.2 Å². The maximum absolute atomic E-state index is 11.3. The molecule has 0 aromatic rings. The zero-order valence-corrected chi connectivity index (χ0v) is 3.71. The maximum atomic E-state index is 11.3. The van der Waals surface area contributed by atoms with Crippen molar-refractivity contribution in [3.8, 4) is 0 Å². The second kappa shape index (κ2) is 2.66. The van der Waals surface area contributed by atoms with Gasteiger partial charge in [-0.15, -0.1) is 0 Å². The van der Waals surface area contributed by atoms with Gasteiger partial charge in [0.05, 0.1) is 6.08 Å². The Bertz CT molecular complexity index is 71.0. The first-order chi connectivity index (χ1) is 3.13.